The molecule has 2 aliphatic heterocycles. The Morgan fingerprint density at radius 3 is 2.31 bits per heavy atom. The molecule has 2 fully saturated rings. The molecule has 1 N–H and O–H groups in total. The molecule has 1 aliphatic carbocycles. The Balaban J connectivity index is 1.08. The first-order valence-corrected chi connectivity index (χ1v) is 13.5. The average molecular weight is 515 g/mol. The number of imide groups is 1. The first kappa shape index (κ1) is 23.7. The molecule has 0 spiro atoms. The van der Waals surface area contributed by atoms with Crippen molar-refractivity contribution in [3.8, 4) is 0 Å². The van der Waals surface area contributed by atoms with E-state index in [0.29, 0.717) is 49.1 Å². The monoisotopic (exact) mass is 514 g/mol. The van der Waals surface area contributed by atoms with E-state index in [1.165, 1.54) is 35.9 Å². The third-order valence-electron chi connectivity index (χ3n) is 6.52. The van der Waals surface area contributed by atoms with Gasteiger partial charge in [-0.15, -0.1) is 10.2 Å². The van der Waals surface area contributed by atoms with Crippen LogP contribution in [0.25, 0.3) is 0 Å². The number of thioether (sulfide) groups is 1. The normalized spacial score (nSPS) is 18.3. The number of rotatable bonds is 7. The number of piperazine rings is 1. The number of aromatic nitrogens is 2. The van der Waals surface area contributed by atoms with E-state index in [4.69, 9.17) is 0 Å². The first-order chi connectivity index (χ1) is 17.0. The van der Waals surface area contributed by atoms with Crippen LogP contribution in [0.4, 0.5) is 5.13 Å². The van der Waals surface area contributed by atoms with Gasteiger partial charge in [-0.1, -0.05) is 48.1 Å². The molecular weight excluding hydrogens is 488 g/mol. The molecule has 1 saturated carbocycles. The molecule has 2 aromatic rings. The van der Waals surface area contributed by atoms with Crippen LogP contribution in [0.2, 0.25) is 0 Å². The molecule has 0 bridgehead atoms. The highest BCUT2D eigenvalue weighted by atomic mass is 32.2. The van der Waals surface area contributed by atoms with Gasteiger partial charge in [-0.25, -0.2) is 0 Å². The third-order valence-corrected chi connectivity index (χ3v) is 8.63. The van der Waals surface area contributed by atoms with Crippen molar-refractivity contribution in [2.45, 2.75) is 36.1 Å². The van der Waals surface area contributed by atoms with Gasteiger partial charge in [0.05, 0.1) is 16.9 Å². The molecule has 5 rings (SSSR count). The quantitative estimate of drug-likeness (QED) is 0.438. The predicted octanol–water partition coefficient (Wildman–Crippen LogP) is 1.63. The molecule has 0 atom stereocenters. The highest BCUT2D eigenvalue weighted by Crippen LogP contribution is 2.29. The lowest BCUT2D eigenvalue weighted by molar-refractivity contribution is -0.131. The van der Waals surface area contributed by atoms with Crippen molar-refractivity contribution in [1.29, 1.82) is 0 Å². The molecule has 1 saturated heterocycles. The van der Waals surface area contributed by atoms with Crippen molar-refractivity contribution >= 4 is 51.9 Å². The lowest BCUT2D eigenvalue weighted by Crippen LogP contribution is -2.51. The minimum atomic E-state index is -0.423. The predicted molar refractivity (Wildman–Crippen MR) is 132 cm³/mol. The summed E-state index contributed by atoms with van der Waals surface area (Å²) in [4.78, 5) is 54.8. The standard InChI is InChI=1S/C23H26N6O4S2/c30-18(24-15-5-1-2-6-15)14-34-23-26-25-22(35-23)28-11-9-27(10-12-28)19(31)13-29-20(32)16-7-3-4-8-17(16)21(29)33/h3-4,7-8,15H,1-2,5-6,9-14H2,(H,24,30). The first-order valence-electron chi connectivity index (χ1n) is 11.7. The number of nitrogens with one attached hydrogen (secondary N) is 1. The van der Waals surface area contributed by atoms with Crippen LogP contribution in [-0.2, 0) is 9.59 Å². The van der Waals surface area contributed by atoms with Gasteiger partial charge in [-0.05, 0) is 25.0 Å². The number of benzene rings is 1. The lowest BCUT2D eigenvalue weighted by Gasteiger charge is -2.34. The van der Waals surface area contributed by atoms with Crippen molar-refractivity contribution in [1.82, 2.24) is 25.3 Å². The Kier molecular flexibility index (Phi) is 7.00. The summed E-state index contributed by atoms with van der Waals surface area (Å²) < 4.78 is 0.741. The molecule has 12 heteroatoms. The van der Waals surface area contributed by atoms with Crippen LogP contribution in [0.3, 0.4) is 0 Å². The molecule has 1 aromatic carbocycles. The fourth-order valence-electron chi connectivity index (χ4n) is 4.62. The van der Waals surface area contributed by atoms with Crippen molar-refractivity contribution < 1.29 is 19.2 Å². The van der Waals surface area contributed by atoms with E-state index in [1.54, 1.807) is 29.2 Å². The summed E-state index contributed by atoms with van der Waals surface area (Å²) in [6.07, 6.45) is 4.48. The van der Waals surface area contributed by atoms with Gasteiger partial charge in [-0.2, -0.15) is 0 Å². The van der Waals surface area contributed by atoms with Crippen LogP contribution in [0.1, 0.15) is 46.4 Å². The zero-order chi connectivity index (χ0) is 24.4. The third kappa shape index (κ3) is 5.18. The highest BCUT2D eigenvalue weighted by Gasteiger charge is 2.37. The Hall–Kier alpha value is -2.99. The van der Waals surface area contributed by atoms with E-state index in [0.717, 1.165) is 27.2 Å². The second-order valence-corrected chi connectivity index (χ2v) is 11.0. The maximum atomic E-state index is 12.8. The molecule has 3 heterocycles. The van der Waals surface area contributed by atoms with Crippen molar-refractivity contribution in [3.05, 3.63) is 35.4 Å². The Labute approximate surface area is 211 Å². The second-order valence-electron chi connectivity index (χ2n) is 8.80. The van der Waals surface area contributed by atoms with Gasteiger partial charge in [-0.3, -0.25) is 24.1 Å². The van der Waals surface area contributed by atoms with Gasteiger partial charge >= 0.3 is 0 Å². The van der Waals surface area contributed by atoms with Gasteiger partial charge in [0.25, 0.3) is 11.8 Å². The number of hydrogen-bond acceptors (Lipinski definition) is 9. The van der Waals surface area contributed by atoms with Crippen LogP contribution in [0.15, 0.2) is 28.6 Å². The number of carbonyl (C=O) groups excluding carboxylic acids is 4. The highest BCUT2D eigenvalue weighted by molar-refractivity contribution is 8.01. The van der Waals surface area contributed by atoms with Crippen molar-refractivity contribution in [3.63, 3.8) is 0 Å². The van der Waals surface area contributed by atoms with E-state index in [9.17, 15) is 19.2 Å². The van der Waals surface area contributed by atoms with Crippen LogP contribution < -0.4 is 10.2 Å². The number of fused-ring (bicyclic) bond motifs is 1. The molecule has 1 aromatic heterocycles. The van der Waals surface area contributed by atoms with Gasteiger partial charge in [0, 0.05) is 32.2 Å². The van der Waals surface area contributed by atoms with Gasteiger partial charge < -0.3 is 15.1 Å². The summed E-state index contributed by atoms with van der Waals surface area (Å²) in [5.41, 5.74) is 0.687. The summed E-state index contributed by atoms with van der Waals surface area (Å²) in [7, 11) is 0. The topological polar surface area (TPSA) is 116 Å². The summed E-state index contributed by atoms with van der Waals surface area (Å²) in [6, 6.07) is 6.93. The molecule has 184 valence electrons. The molecule has 3 aliphatic rings. The van der Waals surface area contributed by atoms with E-state index in [1.807, 2.05) is 0 Å². The van der Waals surface area contributed by atoms with Crippen LogP contribution >= 0.6 is 23.1 Å². The maximum absolute atomic E-state index is 12.8. The Morgan fingerprint density at radius 1 is 1.00 bits per heavy atom. The summed E-state index contributed by atoms with van der Waals surface area (Å²) >= 11 is 2.83. The SMILES string of the molecule is O=C(CSc1nnc(N2CCN(C(=O)CN3C(=O)c4ccccc4C3=O)CC2)s1)NC1CCCC1. The summed E-state index contributed by atoms with van der Waals surface area (Å²) in [5, 5.41) is 12.3. The van der Waals surface area contributed by atoms with Gasteiger partial charge in [0.2, 0.25) is 16.9 Å². The second kappa shape index (κ2) is 10.3. The lowest BCUT2D eigenvalue weighted by atomic mass is 10.1. The number of anilines is 1. The van der Waals surface area contributed by atoms with Crippen LogP contribution in [0.5, 0.6) is 0 Å². The minimum Gasteiger partial charge on any atom is -0.353 e. The van der Waals surface area contributed by atoms with Crippen molar-refractivity contribution in [2.24, 2.45) is 0 Å². The Morgan fingerprint density at radius 2 is 1.66 bits per heavy atom. The van der Waals surface area contributed by atoms with E-state index >= 15 is 0 Å². The van der Waals surface area contributed by atoms with Gasteiger partial charge in [0.15, 0.2) is 4.34 Å². The van der Waals surface area contributed by atoms with Crippen LogP contribution in [0, 0.1) is 0 Å². The molecule has 4 amide bonds. The molecule has 10 nitrogen and oxygen atoms in total. The zero-order valence-corrected chi connectivity index (χ0v) is 20.8. The smallest absolute Gasteiger partial charge is 0.262 e. The van der Waals surface area contributed by atoms with E-state index in [-0.39, 0.29) is 18.4 Å². The summed E-state index contributed by atoms with van der Waals surface area (Å²) in [5.74, 6) is -0.739. The number of hydrogen-bond donors (Lipinski definition) is 1. The largest absolute Gasteiger partial charge is 0.353 e. The number of carbonyl (C=O) groups is 4. The van der Waals surface area contributed by atoms with Gasteiger partial charge in [0.1, 0.15) is 6.54 Å². The van der Waals surface area contributed by atoms with E-state index in [2.05, 4.69) is 20.4 Å². The molecule has 0 unspecified atom stereocenters. The minimum absolute atomic E-state index is 0.0313. The zero-order valence-electron chi connectivity index (χ0n) is 19.1. The number of nitrogens with zero attached hydrogens (tertiary/aromatic N) is 5. The Bertz CT molecular complexity index is 1110. The summed E-state index contributed by atoms with van der Waals surface area (Å²) in [6.45, 7) is 1.83. The molecular formula is C23H26N6O4S2. The maximum Gasteiger partial charge on any atom is 0.262 e. The number of amides is 4. The molecule has 35 heavy (non-hydrogen) atoms. The molecule has 0 radical (unpaired) electrons. The average Bonchev–Trinajstić information content (AvgIpc) is 3.61. The fraction of sp³-hybridized carbons (Fsp3) is 0.478. The fourth-order valence-corrected chi connectivity index (χ4v) is 6.32. The van der Waals surface area contributed by atoms with E-state index < -0.39 is 11.8 Å². The van der Waals surface area contributed by atoms with Crippen molar-refractivity contribution in [2.75, 3.05) is 43.4 Å². The van der Waals surface area contributed by atoms with Crippen LogP contribution in [-0.4, -0.2) is 88.1 Å².